The number of rotatable bonds is 8. The van der Waals surface area contributed by atoms with E-state index in [9.17, 15) is 0 Å². The van der Waals surface area contributed by atoms with Gasteiger partial charge in [0.1, 0.15) is 0 Å². The van der Waals surface area contributed by atoms with Gasteiger partial charge in [-0.05, 0) is 12.3 Å². The lowest BCUT2D eigenvalue weighted by atomic mass is 10.0. The van der Waals surface area contributed by atoms with Crippen molar-refractivity contribution in [2.75, 3.05) is 5.33 Å². The van der Waals surface area contributed by atoms with E-state index in [-0.39, 0.29) is 0 Å². The first-order valence-corrected chi connectivity index (χ1v) is 6.49. The molecule has 0 nitrogen and oxygen atoms in total. The molecule has 0 aromatic carbocycles. The number of hydrogen-bond donors (Lipinski definition) is 0. The highest BCUT2D eigenvalue weighted by Gasteiger charge is 1.97. The standard InChI is InChI=1S/C11H23Br/c1-3-11(2)9-7-5-4-6-8-10-12/h11H,3-10H2,1-2H3. The highest BCUT2D eigenvalue weighted by atomic mass is 79.9. The van der Waals surface area contributed by atoms with E-state index in [0.717, 1.165) is 5.92 Å². The third kappa shape index (κ3) is 8.58. The summed E-state index contributed by atoms with van der Waals surface area (Å²) in [6, 6.07) is 0. The molecular weight excluding hydrogens is 212 g/mol. The molecule has 12 heavy (non-hydrogen) atoms. The summed E-state index contributed by atoms with van der Waals surface area (Å²) < 4.78 is 0. The second-order valence-corrected chi connectivity index (χ2v) is 4.55. The Morgan fingerprint density at radius 2 is 1.58 bits per heavy atom. The third-order valence-electron chi connectivity index (χ3n) is 2.53. The van der Waals surface area contributed by atoms with Crippen LogP contribution in [0.1, 0.15) is 58.8 Å². The minimum absolute atomic E-state index is 0.946. The molecule has 0 heterocycles. The second kappa shape index (κ2) is 9.57. The number of halogens is 1. The van der Waals surface area contributed by atoms with Gasteiger partial charge in [0.2, 0.25) is 0 Å². The Bertz CT molecular complexity index is 81.1. The smallest absolute Gasteiger partial charge is 0.00313 e. The number of unbranched alkanes of at least 4 members (excludes halogenated alkanes) is 4. The fourth-order valence-corrected chi connectivity index (χ4v) is 1.72. The van der Waals surface area contributed by atoms with Gasteiger partial charge in [-0.1, -0.05) is 68.3 Å². The molecule has 0 aromatic heterocycles. The molecule has 1 atom stereocenters. The van der Waals surface area contributed by atoms with E-state index >= 15 is 0 Å². The van der Waals surface area contributed by atoms with E-state index in [2.05, 4.69) is 29.8 Å². The maximum Gasteiger partial charge on any atom is 0.00313 e. The van der Waals surface area contributed by atoms with Crippen LogP contribution in [0.5, 0.6) is 0 Å². The maximum absolute atomic E-state index is 3.45. The molecule has 0 fully saturated rings. The zero-order valence-electron chi connectivity index (χ0n) is 8.61. The summed E-state index contributed by atoms with van der Waals surface area (Å²) >= 11 is 3.45. The molecule has 0 bridgehead atoms. The van der Waals surface area contributed by atoms with Gasteiger partial charge in [0, 0.05) is 5.33 Å². The Balaban J connectivity index is 2.90. The van der Waals surface area contributed by atoms with Crippen LogP contribution in [0.3, 0.4) is 0 Å². The van der Waals surface area contributed by atoms with Crippen LogP contribution in [0.2, 0.25) is 0 Å². The molecule has 1 unspecified atom stereocenters. The summed E-state index contributed by atoms with van der Waals surface area (Å²) in [6.07, 6.45) is 9.86. The first-order valence-electron chi connectivity index (χ1n) is 5.37. The summed E-state index contributed by atoms with van der Waals surface area (Å²) in [4.78, 5) is 0. The van der Waals surface area contributed by atoms with E-state index in [1.807, 2.05) is 0 Å². The molecule has 1 heteroatoms. The highest BCUT2D eigenvalue weighted by molar-refractivity contribution is 9.09. The van der Waals surface area contributed by atoms with Crippen molar-refractivity contribution in [3.05, 3.63) is 0 Å². The van der Waals surface area contributed by atoms with Gasteiger partial charge in [-0.2, -0.15) is 0 Å². The van der Waals surface area contributed by atoms with Crippen molar-refractivity contribution in [3.8, 4) is 0 Å². The molecule has 0 spiro atoms. The Labute approximate surface area is 86.3 Å². The van der Waals surface area contributed by atoms with Gasteiger partial charge in [0.25, 0.3) is 0 Å². The quantitative estimate of drug-likeness (QED) is 0.420. The lowest BCUT2D eigenvalue weighted by molar-refractivity contribution is 0.474. The van der Waals surface area contributed by atoms with Crippen molar-refractivity contribution < 1.29 is 0 Å². The fraction of sp³-hybridized carbons (Fsp3) is 1.00. The van der Waals surface area contributed by atoms with Gasteiger partial charge in [-0.15, -0.1) is 0 Å². The van der Waals surface area contributed by atoms with Crippen LogP contribution in [-0.2, 0) is 0 Å². The number of alkyl halides is 1. The Morgan fingerprint density at radius 1 is 1.00 bits per heavy atom. The highest BCUT2D eigenvalue weighted by Crippen LogP contribution is 2.13. The predicted molar refractivity (Wildman–Crippen MR) is 61.0 cm³/mol. The minimum Gasteiger partial charge on any atom is -0.0928 e. The molecule has 0 N–H and O–H groups in total. The maximum atomic E-state index is 3.45. The summed E-state index contributed by atoms with van der Waals surface area (Å²) in [5.74, 6) is 0.946. The van der Waals surface area contributed by atoms with Crippen molar-refractivity contribution >= 4 is 15.9 Å². The van der Waals surface area contributed by atoms with Gasteiger partial charge >= 0.3 is 0 Å². The summed E-state index contributed by atoms with van der Waals surface area (Å²) in [5, 5.41) is 1.18. The molecule has 74 valence electrons. The molecular formula is C11H23Br. The number of hydrogen-bond acceptors (Lipinski definition) is 0. The Kier molecular flexibility index (Phi) is 9.95. The molecule has 0 aromatic rings. The van der Waals surface area contributed by atoms with Crippen LogP contribution < -0.4 is 0 Å². The Hall–Kier alpha value is 0.480. The minimum atomic E-state index is 0.946. The van der Waals surface area contributed by atoms with Crippen molar-refractivity contribution in [1.29, 1.82) is 0 Å². The van der Waals surface area contributed by atoms with Gasteiger partial charge in [-0.25, -0.2) is 0 Å². The summed E-state index contributed by atoms with van der Waals surface area (Å²) in [5.41, 5.74) is 0. The monoisotopic (exact) mass is 234 g/mol. The van der Waals surface area contributed by atoms with Gasteiger partial charge in [0.05, 0.1) is 0 Å². The summed E-state index contributed by atoms with van der Waals surface area (Å²) in [6.45, 7) is 4.65. The van der Waals surface area contributed by atoms with E-state index in [0.29, 0.717) is 0 Å². The lowest BCUT2D eigenvalue weighted by Crippen LogP contribution is -1.91. The van der Waals surface area contributed by atoms with E-state index in [1.54, 1.807) is 0 Å². The third-order valence-corrected chi connectivity index (χ3v) is 3.09. The van der Waals surface area contributed by atoms with Crippen LogP contribution in [0.4, 0.5) is 0 Å². The molecule has 0 aliphatic rings. The van der Waals surface area contributed by atoms with Crippen molar-refractivity contribution in [3.63, 3.8) is 0 Å². The Morgan fingerprint density at radius 3 is 2.17 bits per heavy atom. The van der Waals surface area contributed by atoms with Crippen LogP contribution in [-0.4, -0.2) is 5.33 Å². The second-order valence-electron chi connectivity index (χ2n) is 3.76. The van der Waals surface area contributed by atoms with Gasteiger partial charge < -0.3 is 0 Å². The zero-order valence-corrected chi connectivity index (χ0v) is 10.2. The van der Waals surface area contributed by atoms with E-state index in [4.69, 9.17) is 0 Å². The topological polar surface area (TPSA) is 0 Å². The SMILES string of the molecule is CCC(C)CCCCCCCBr. The van der Waals surface area contributed by atoms with Crippen LogP contribution in [0.15, 0.2) is 0 Å². The molecule has 0 saturated heterocycles. The zero-order chi connectivity index (χ0) is 9.23. The van der Waals surface area contributed by atoms with E-state index < -0.39 is 0 Å². The van der Waals surface area contributed by atoms with E-state index in [1.165, 1.54) is 50.3 Å². The molecule has 0 amide bonds. The van der Waals surface area contributed by atoms with Crippen LogP contribution in [0, 0.1) is 5.92 Å². The largest absolute Gasteiger partial charge is 0.0928 e. The molecule has 0 radical (unpaired) electrons. The van der Waals surface area contributed by atoms with Gasteiger partial charge in [0.15, 0.2) is 0 Å². The first-order chi connectivity index (χ1) is 5.81. The van der Waals surface area contributed by atoms with Gasteiger partial charge in [-0.3, -0.25) is 0 Å². The summed E-state index contributed by atoms with van der Waals surface area (Å²) in [7, 11) is 0. The molecule has 0 aliphatic carbocycles. The molecule has 0 saturated carbocycles. The molecule has 0 aliphatic heterocycles. The van der Waals surface area contributed by atoms with Crippen molar-refractivity contribution in [1.82, 2.24) is 0 Å². The normalized spacial score (nSPS) is 13.2. The van der Waals surface area contributed by atoms with Crippen LogP contribution >= 0.6 is 15.9 Å². The van der Waals surface area contributed by atoms with Crippen LogP contribution in [0.25, 0.3) is 0 Å². The first kappa shape index (κ1) is 12.5. The average molecular weight is 235 g/mol. The lowest BCUT2D eigenvalue weighted by Gasteiger charge is -2.06. The van der Waals surface area contributed by atoms with Crippen molar-refractivity contribution in [2.24, 2.45) is 5.92 Å². The fourth-order valence-electron chi connectivity index (χ4n) is 1.32. The van der Waals surface area contributed by atoms with Crippen molar-refractivity contribution in [2.45, 2.75) is 58.8 Å². The predicted octanol–water partition coefficient (Wildman–Crippen LogP) is 4.77. The molecule has 0 rings (SSSR count). The average Bonchev–Trinajstić information content (AvgIpc) is 2.10.